The zero-order valence-corrected chi connectivity index (χ0v) is 20.5. The Morgan fingerprint density at radius 3 is 2.51 bits per heavy atom. The molecule has 0 radical (unpaired) electrons. The third-order valence-electron chi connectivity index (χ3n) is 8.09. The van der Waals surface area contributed by atoms with Crippen LogP contribution >= 0.6 is 11.6 Å². The van der Waals surface area contributed by atoms with E-state index in [-0.39, 0.29) is 24.3 Å². The van der Waals surface area contributed by atoms with E-state index in [4.69, 9.17) is 11.6 Å². The van der Waals surface area contributed by atoms with Crippen LogP contribution in [0.5, 0.6) is 0 Å². The lowest BCUT2D eigenvalue weighted by atomic mass is 9.76. The molecule has 0 aliphatic carbocycles. The monoisotopic (exact) mass is 510 g/mol. The highest BCUT2D eigenvalue weighted by molar-refractivity contribution is 6.35. The first kappa shape index (κ1) is 22.3. The number of imide groups is 1. The second-order valence-electron chi connectivity index (χ2n) is 9.99. The van der Waals surface area contributed by atoms with Gasteiger partial charge in [0.25, 0.3) is 0 Å². The molecule has 8 heteroatoms. The zero-order chi connectivity index (χ0) is 25.3. The number of hydrogen-bond acceptors (Lipinski definition) is 4. The Balaban J connectivity index is 1.35. The Morgan fingerprint density at radius 1 is 0.892 bits per heavy atom. The number of anilines is 1. The van der Waals surface area contributed by atoms with Crippen LogP contribution in [0, 0.1) is 11.8 Å². The zero-order valence-electron chi connectivity index (χ0n) is 19.7. The highest BCUT2D eigenvalue weighted by atomic mass is 35.5. The van der Waals surface area contributed by atoms with Crippen molar-refractivity contribution in [3.63, 3.8) is 0 Å². The number of rotatable bonds is 4. The summed E-state index contributed by atoms with van der Waals surface area (Å²) in [6, 6.07) is 22.3. The Labute approximate surface area is 217 Å². The summed E-state index contributed by atoms with van der Waals surface area (Å²) in [6.45, 7) is 0.172. The van der Waals surface area contributed by atoms with Gasteiger partial charge >= 0.3 is 0 Å². The molecule has 4 aromatic rings. The fraction of sp³-hybridized carbons (Fsp3) is 0.207. The Hall–Kier alpha value is -3.94. The number of para-hydroxylation sites is 2. The van der Waals surface area contributed by atoms with Crippen molar-refractivity contribution in [3.05, 3.63) is 101 Å². The molecular formula is C29H23ClN4O3. The molecule has 184 valence electrons. The van der Waals surface area contributed by atoms with Gasteiger partial charge in [0, 0.05) is 28.7 Å². The van der Waals surface area contributed by atoms with Crippen LogP contribution in [0.15, 0.2) is 79.0 Å². The van der Waals surface area contributed by atoms with Gasteiger partial charge in [0.05, 0.1) is 29.1 Å². The van der Waals surface area contributed by atoms with Gasteiger partial charge in [-0.2, -0.15) is 0 Å². The van der Waals surface area contributed by atoms with E-state index in [9.17, 15) is 14.4 Å². The highest BCUT2D eigenvalue weighted by Crippen LogP contribution is 2.54. The number of H-pyrrole nitrogens is 1. The minimum atomic E-state index is -1.38. The molecule has 2 saturated heterocycles. The topological polar surface area (TPSA) is 94.3 Å². The maximum atomic E-state index is 14.0. The molecular weight excluding hydrogens is 488 g/mol. The van der Waals surface area contributed by atoms with Crippen LogP contribution < -0.4 is 10.6 Å². The molecule has 7 nitrogen and oxygen atoms in total. The van der Waals surface area contributed by atoms with Crippen molar-refractivity contribution in [2.24, 2.45) is 11.8 Å². The van der Waals surface area contributed by atoms with Crippen LogP contribution in [0.2, 0.25) is 5.02 Å². The number of carbonyl (C=O) groups is 3. The second-order valence-corrected chi connectivity index (χ2v) is 10.4. The fourth-order valence-corrected chi connectivity index (χ4v) is 6.71. The largest absolute Gasteiger partial charge is 0.361 e. The molecule has 0 bridgehead atoms. The molecule has 3 aliphatic rings. The van der Waals surface area contributed by atoms with Gasteiger partial charge in [-0.15, -0.1) is 0 Å². The van der Waals surface area contributed by atoms with Gasteiger partial charge in [-0.3, -0.25) is 24.6 Å². The molecule has 3 N–H and O–H groups in total. The summed E-state index contributed by atoms with van der Waals surface area (Å²) in [4.78, 5) is 46.3. The molecule has 7 rings (SSSR count). The van der Waals surface area contributed by atoms with E-state index in [0.717, 1.165) is 22.0 Å². The Bertz CT molecular complexity index is 1600. The third-order valence-corrected chi connectivity index (χ3v) is 8.40. The predicted molar refractivity (Wildman–Crippen MR) is 140 cm³/mol. The van der Waals surface area contributed by atoms with Crippen molar-refractivity contribution in [1.29, 1.82) is 0 Å². The van der Waals surface area contributed by atoms with Crippen molar-refractivity contribution in [3.8, 4) is 0 Å². The van der Waals surface area contributed by atoms with E-state index in [1.54, 1.807) is 12.1 Å². The van der Waals surface area contributed by atoms with Gasteiger partial charge in [-0.1, -0.05) is 72.3 Å². The summed E-state index contributed by atoms with van der Waals surface area (Å²) in [6.07, 6.45) is 2.42. The van der Waals surface area contributed by atoms with E-state index >= 15 is 0 Å². The van der Waals surface area contributed by atoms with Gasteiger partial charge in [-0.05, 0) is 29.7 Å². The van der Waals surface area contributed by atoms with Crippen molar-refractivity contribution >= 4 is 45.9 Å². The van der Waals surface area contributed by atoms with Crippen molar-refractivity contribution in [1.82, 2.24) is 15.2 Å². The van der Waals surface area contributed by atoms with Crippen LogP contribution in [0.1, 0.15) is 16.7 Å². The van der Waals surface area contributed by atoms with Crippen LogP contribution in [0.25, 0.3) is 10.9 Å². The Morgan fingerprint density at radius 2 is 1.68 bits per heavy atom. The van der Waals surface area contributed by atoms with E-state index in [0.29, 0.717) is 22.7 Å². The number of nitrogens with one attached hydrogen (secondary N) is 3. The van der Waals surface area contributed by atoms with Crippen molar-refractivity contribution < 1.29 is 14.4 Å². The molecule has 2 fully saturated rings. The lowest BCUT2D eigenvalue weighted by Gasteiger charge is -2.29. The number of fused-ring (bicyclic) bond motifs is 5. The summed E-state index contributed by atoms with van der Waals surface area (Å²) in [5, 5.41) is 7.85. The number of nitrogens with zero attached hydrogens (tertiary/aromatic N) is 1. The molecule has 4 heterocycles. The van der Waals surface area contributed by atoms with Gasteiger partial charge in [-0.25, -0.2) is 0 Å². The maximum absolute atomic E-state index is 14.0. The number of halogens is 1. The van der Waals surface area contributed by atoms with E-state index in [2.05, 4.69) is 15.6 Å². The molecule has 3 aromatic carbocycles. The van der Waals surface area contributed by atoms with E-state index in [1.165, 1.54) is 4.90 Å². The summed E-state index contributed by atoms with van der Waals surface area (Å²) in [5.74, 6) is -2.51. The standard InChI is InChI=1S/C29H23ClN4O3/c30-20-11-6-10-19-25(20)32-28(37)29(19)24-23(26(35)34(27(24)36)15-16-7-2-1-3-8-16)22(33-29)13-17-14-31-21-12-5-4-9-18(17)21/h1-12,14,22-24,31,33H,13,15H2,(H,32,37)/t22?,23-,24+,29?/m1/s1. The summed E-state index contributed by atoms with van der Waals surface area (Å²) < 4.78 is 0. The fourth-order valence-electron chi connectivity index (χ4n) is 6.49. The van der Waals surface area contributed by atoms with Gasteiger partial charge in [0.2, 0.25) is 17.7 Å². The SMILES string of the molecule is O=C1[C@@H]2C(Cc3c[nH]c4ccccc34)NC3(C(=O)Nc4c(Cl)cccc43)[C@@H]2C(=O)N1Cc1ccccc1. The minimum absolute atomic E-state index is 0.172. The first-order chi connectivity index (χ1) is 18.0. The first-order valence-electron chi connectivity index (χ1n) is 12.3. The van der Waals surface area contributed by atoms with Crippen LogP contribution in [0.3, 0.4) is 0 Å². The minimum Gasteiger partial charge on any atom is -0.361 e. The molecule has 1 aromatic heterocycles. The average Bonchev–Trinajstić information content (AvgIpc) is 3.62. The molecule has 3 amide bonds. The quantitative estimate of drug-likeness (QED) is 0.362. The van der Waals surface area contributed by atoms with Gasteiger partial charge in [0.15, 0.2) is 0 Å². The highest BCUT2D eigenvalue weighted by Gasteiger charge is 2.70. The second kappa shape index (κ2) is 8.03. The van der Waals surface area contributed by atoms with Crippen molar-refractivity contribution in [2.45, 2.75) is 24.5 Å². The molecule has 3 aliphatic heterocycles. The molecule has 0 saturated carbocycles. The number of hydrogen-bond donors (Lipinski definition) is 3. The van der Waals surface area contributed by atoms with E-state index in [1.807, 2.05) is 66.9 Å². The number of likely N-dealkylation sites (tertiary alicyclic amines) is 1. The number of aromatic amines is 1. The summed E-state index contributed by atoms with van der Waals surface area (Å²) in [7, 11) is 0. The van der Waals surface area contributed by atoms with Gasteiger partial charge in [0.1, 0.15) is 5.54 Å². The first-order valence-corrected chi connectivity index (χ1v) is 12.7. The number of amides is 3. The van der Waals surface area contributed by atoms with E-state index < -0.39 is 23.4 Å². The molecule has 2 unspecified atom stereocenters. The smallest absolute Gasteiger partial charge is 0.250 e. The molecule has 1 spiro atoms. The van der Waals surface area contributed by atoms with Crippen molar-refractivity contribution in [2.75, 3.05) is 5.32 Å². The Kier molecular flexibility index (Phi) is 4.83. The lowest BCUT2D eigenvalue weighted by molar-refractivity contribution is -0.143. The lowest BCUT2D eigenvalue weighted by Crippen LogP contribution is -2.53. The number of aromatic nitrogens is 1. The summed E-state index contributed by atoms with van der Waals surface area (Å²) >= 11 is 6.45. The maximum Gasteiger partial charge on any atom is 0.250 e. The summed E-state index contributed by atoms with van der Waals surface area (Å²) in [5.41, 5.74) is 2.62. The van der Waals surface area contributed by atoms with Crippen LogP contribution in [-0.4, -0.2) is 33.6 Å². The van der Waals surface area contributed by atoms with Crippen LogP contribution in [0.4, 0.5) is 5.69 Å². The van der Waals surface area contributed by atoms with Crippen LogP contribution in [-0.2, 0) is 32.9 Å². The average molecular weight is 511 g/mol. The number of benzene rings is 3. The normalized spacial score (nSPS) is 26.2. The number of carbonyl (C=O) groups excluding carboxylic acids is 3. The third kappa shape index (κ3) is 3.08. The molecule has 4 atom stereocenters. The predicted octanol–water partition coefficient (Wildman–Crippen LogP) is 3.98. The molecule has 37 heavy (non-hydrogen) atoms. The van der Waals surface area contributed by atoms with Gasteiger partial charge < -0.3 is 10.3 Å².